The normalized spacial score (nSPS) is 30.9. The molecule has 1 saturated carbocycles. The molecule has 3 nitrogen and oxygen atoms in total. The molecular formula is C14H27NO2. The summed E-state index contributed by atoms with van der Waals surface area (Å²) in [5.74, 6) is 0. The Labute approximate surface area is 105 Å². The van der Waals surface area contributed by atoms with Gasteiger partial charge < -0.3 is 15.2 Å². The van der Waals surface area contributed by atoms with Gasteiger partial charge in [0, 0.05) is 6.54 Å². The lowest BCUT2D eigenvalue weighted by Gasteiger charge is -2.29. The van der Waals surface area contributed by atoms with Gasteiger partial charge in [-0.1, -0.05) is 19.8 Å². The monoisotopic (exact) mass is 241 g/mol. The molecule has 1 saturated heterocycles. The molecule has 0 bridgehead atoms. The molecule has 0 aromatic rings. The van der Waals surface area contributed by atoms with E-state index in [1.807, 2.05) is 0 Å². The highest BCUT2D eigenvalue weighted by Crippen LogP contribution is 2.43. The van der Waals surface area contributed by atoms with Gasteiger partial charge in [-0.2, -0.15) is 0 Å². The highest BCUT2D eigenvalue weighted by atomic mass is 16.6. The van der Waals surface area contributed by atoms with Crippen molar-refractivity contribution in [3.63, 3.8) is 0 Å². The fraction of sp³-hybridized carbons (Fsp3) is 1.00. The van der Waals surface area contributed by atoms with Gasteiger partial charge in [0.15, 0.2) is 0 Å². The molecule has 100 valence electrons. The first-order valence-corrected chi connectivity index (χ1v) is 7.13. The van der Waals surface area contributed by atoms with Gasteiger partial charge in [-0.15, -0.1) is 0 Å². The van der Waals surface area contributed by atoms with Crippen molar-refractivity contribution >= 4 is 0 Å². The molecule has 0 radical (unpaired) electrons. The molecule has 17 heavy (non-hydrogen) atoms. The van der Waals surface area contributed by atoms with Crippen molar-refractivity contribution in [2.45, 2.75) is 76.1 Å². The van der Waals surface area contributed by atoms with E-state index in [0.29, 0.717) is 19.3 Å². The van der Waals surface area contributed by atoms with E-state index in [2.05, 4.69) is 13.8 Å². The number of nitrogens with two attached hydrogens (primary N) is 1. The zero-order valence-electron chi connectivity index (χ0n) is 11.3. The minimum Gasteiger partial charge on any atom is -0.371 e. The first-order chi connectivity index (χ1) is 8.11. The zero-order chi connectivity index (χ0) is 12.4. The number of ether oxygens (including phenoxy) is 2. The fourth-order valence-corrected chi connectivity index (χ4v) is 3.00. The fourth-order valence-electron chi connectivity index (χ4n) is 3.00. The van der Waals surface area contributed by atoms with E-state index in [1.54, 1.807) is 0 Å². The van der Waals surface area contributed by atoms with Crippen LogP contribution in [0.25, 0.3) is 0 Å². The molecule has 2 fully saturated rings. The van der Waals surface area contributed by atoms with Crippen molar-refractivity contribution in [1.82, 2.24) is 0 Å². The van der Waals surface area contributed by atoms with E-state index in [1.165, 1.54) is 32.1 Å². The van der Waals surface area contributed by atoms with E-state index >= 15 is 0 Å². The van der Waals surface area contributed by atoms with Crippen LogP contribution in [-0.4, -0.2) is 30.5 Å². The quantitative estimate of drug-likeness (QED) is 0.804. The lowest BCUT2D eigenvalue weighted by Crippen LogP contribution is -2.39. The predicted octanol–water partition coefficient (Wildman–Crippen LogP) is 2.62. The maximum Gasteiger partial charge on any atom is 0.0817 e. The van der Waals surface area contributed by atoms with E-state index < -0.39 is 0 Å². The maximum absolute atomic E-state index is 6.23. The molecule has 0 amide bonds. The van der Waals surface area contributed by atoms with Gasteiger partial charge in [-0.3, -0.25) is 0 Å². The Bertz CT molecular complexity index is 245. The summed E-state index contributed by atoms with van der Waals surface area (Å²) in [5, 5.41) is 0. The minimum atomic E-state index is -0.172. The van der Waals surface area contributed by atoms with Crippen LogP contribution in [0.15, 0.2) is 0 Å². The van der Waals surface area contributed by atoms with Crippen LogP contribution >= 0.6 is 0 Å². The van der Waals surface area contributed by atoms with Gasteiger partial charge in [-0.25, -0.2) is 0 Å². The first kappa shape index (κ1) is 13.3. The average molecular weight is 241 g/mol. The number of hydrogen-bond acceptors (Lipinski definition) is 3. The molecule has 1 aliphatic carbocycles. The van der Waals surface area contributed by atoms with Crippen LogP contribution in [0, 0.1) is 0 Å². The Morgan fingerprint density at radius 2 is 2.06 bits per heavy atom. The van der Waals surface area contributed by atoms with Gasteiger partial charge in [-0.05, 0) is 39.0 Å². The Hall–Kier alpha value is -0.120. The Balaban J connectivity index is 1.78. The molecule has 1 heterocycles. The smallest absolute Gasteiger partial charge is 0.0817 e. The second-order valence-corrected chi connectivity index (χ2v) is 5.99. The molecule has 2 N–H and O–H groups in total. The third-order valence-corrected chi connectivity index (χ3v) is 4.65. The van der Waals surface area contributed by atoms with Crippen molar-refractivity contribution in [2.24, 2.45) is 5.73 Å². The third kappa shape index (κ3) is 3.01. The summed E-state index contributed by atoms with van der Waals surface area (Å²) < 4.78 is 12.2. The third-order valence-electron chi connectivity index (χ3n) is 4.65. The number of rotatable bonds is 5. The summed E-state index contributed by atoms with van der Waals surface area (Å²) in [4.78, 5) is 0. The Morgan fingerprint density at radius 3 is 2.65 bits per heavy atom. The van der Waals surface area contributed by atoms with Crippen molar-refractivity contribution < 1.29 is 9.47 Å². The van der Waals surface area contributed by atoms with E-state index in [4.69, 9.17) is 15.2 Å². The van der Waals surface area contributed by atoms with Crippen molar-refractivity contribution in [1.29, 1.82) is 0 Å². The second-order valence-electron chi connectivity index (χ2n) is 5.99. The molecule has 3 heteroatoms. The lowest BCUT2D eigenvalue weighted by atomic mass is 9.98. The second kappa shape index (κ2) is 5.25. The van der Waals surface area contributed by atoms with Crippen LogP contribution in [-0.2, 0) is 9.47 Å². The van der Waals surface area contributed by atoms with E-state index in [0.717, 1.165) is 12.8 Å². The molecule has 0 aromatic carbocycles. The minimum absolute atomic E-state index is 0.172. The predicted molar refractivity (Wildman–Crippen MR) is 69.0 cm³/mol. The Morgan fingerprint density at radius 1 is 1.35 bits per heavy atom. The summed E-state index contributed by atoms with van der Waals surface area (Å²) in [7, 11) is 0. The first-order valence-electron chi connectivity index (χ1n) is 7.13. The molecule has 2 unspecified atom stereocenters. The van der Waals surface area contributed by atoms with Crippen LogP contribution in [0.2, 0.25) is 0 Å². The van der Waals surface area contributed by atoms with Gasteiger partial charge >= 0.3 is 0 Å². The molecular weight excluding hydrogens is 214 g/mol. The molecule has 2 atom stereocenters. The maximum atomic E-state index is 6.23. The van der Waals surface area contributed by atoms with E-state index in [9.17, 15) is 0 Å². The SMILES string of the molecule is CCC(C)(CN)OCC1CCC2(CCCC2)O1. The van der Waals surface area contributed by atoms with Crippen LogP contribution < -0.4 is 5.73 Å². The molecule has 1 aliphatic heterocycles. The lowest BCUT2D eigenvalue weighted by molar-refractivity contribution is -0.107. The Kier molecular flexibility index (Phi) is 4.11. The topological polar surface area (TPSA) is 44.5 Å². The van der Waals surface area contributed by atoms with Crippen LogP contribution in [0.1, 0.15) is 58.8 Å². The highest BCUT2D eigenvalue weighted by molar-refractivity contribution is 4.93. The summed E-state index contributed by atoms with van der Waals surface area (Å²) >= 11 is 0. The molecule has 0 aromatic heterocycles. The summed E-state index contributed by atoms with van der Waals surface area (Å²) in [5.41, 5.74) is 5.80. The highest BCUT2D eigenvalue weighted by Gasteiger charge is 2.42. The van der Waals surface area contributed by atoms with Crippen LogP contribution in [0.3, 0.4) is 0 Å². The average Bonchev–Trinajstić information content (AvgIpc) is 2.97. The molecule has 2 aliphatic rings. The number of hydrogen-bond donors (Lipinski definition) is 1. The van der Waals surface area contributed by atoms with Gasteiger partial charge in [0.05, 0.1) is 23.9 Å². The molecule has 2 rings (SSSR count). The van der Waals surface area contributed by atoms with E-state index in [-0.39, 0.29) is 11.2 Å². The van der Waals surface area contributed by atoms with Gasteiger partial charge in [0.25, 0.3) is 0 Å². The standard InChI is InChI=1S/C14H27NO2/c1-3-13(2,11-15)16-10-12-6-9-14(17-12)7-4-5-8-14/h12H,3-11,15H2,1-2H3. The van der Waals surface area contributed by atoms with Crippen molar-refractivity contribution in [3.8, 4) is 0 Å². The van der Waals surface area contributed by atoms with Crippen LogP contribution in [0.5, 0.6) is 0 Å². The van der Waals surface area contributed by atoms with Gasteiger partial charge in [0.1, 0.15) is 0 Å². The van der Waals surface area contributed by atoms with Crippen molar-refractivity contribution in [3.05, 3.63) is 0 Å². The van der Waals surface area contributed by atoms with Crippen LogP contribution in [0.4, 0.5) is 0 Å². The van der Waals surface area contributed by atoms with Gasteiger partial charge in [0.2, 0.25) is 0 Å². The zero-order valence-corrected chi connectivity index (χ0v) is 11.3. The molecule has 1 spiro atoms. The summed E-state index contributed by atoms with van der Waals surface area (Å²) in [6.07, 6.45) is 8.83. The summed E-state index contributed by atoms with van der Waals surface area (Å²) in [6, 6.07) is 0. The summed E-state index contributed by atoms with van der Waals surface area (Å²) in [6.45, 7) is 5.51. The largest absolute Gasteiger partial charge is 0.371 e. The van der Waals surface area contributed by atoms with Crippen molar-refractivity contribution in [2.75, 3.05) is 13.2 Å².